The van der Waals surface area contributed by atoms with Gasteiger partial charge in [-0.2, -0.15) is 0 Å². The summed E-state index contributed by atoms with van der Waals surface area (Å²) in [6.07, 6.45) is 21.6. The highest BCUT2D eigenvalue weighted by Crippen LogP contribution is 2.10. The molecule has 2 N–H and O–H groups in total. The van der Waals surface area contributed by atoms with Gasteiger partial charge in [-0.05, 0) is 63.3 Å². The summed E-state index contributed by atoms with van der Waals surface area (Å²) >= 11 is 0. The van der Waals surface area contributed by atoms with Crippen LogP contribution in [-0.4, -0.2) is 28.8 Å². The lowest BCUT2D eigenvalue weighted by atomic mass is 10.1. The summed E-state index contributed by atoms with van der Waals surface area (Å²) in [6, 6.07) is -0.284. The first-order valence-electron chi connectivity index (χ1n) is 9.87. The van der Waals surface area contributed by atoms with E-state index in [0.717, 1.165) is 44.9 Å². The minimum absolute atomic E-state index is 0.0751. The average molecular weight is 366 g/mol. The van der Waals surface area contributed by atoms with Crippen LogP contribution in [0.1, 0.15) is 83.5 Å². The Balaban J connectivity index is 3.31. The molecule has 148 valence electrons. The molecule has 1 unspecified atom stereocenters. The molecule has 0 aromatic rings. The summed E-state index contributed by atoms with van der Waals surface area (Å²) in [5.74, 6) is -0.714. The highest BCUT2D eigenvalue weighted by Gasteiger charge is 2.02. The van der Waals surface area contributed by atoms with Crippen LogP contribution in [0.2, 0.25) is 0 Å². The van der Waals surface area contributed by atoms with Gasteiger partial charge in [0, 0.05) is 11.3 Å². The van der Waals surface area contributed by atoms with Crippen molar-refractivity contribution in [2.24, 2.45) is 5.11 Å². The highest BCUT2D eigenvalue weighted by atomic mass is 16.4. The van der Waals surface area contributed by atoms with Crippen molar-refractivity contribution in [3.8, 4) is 0 Å². The van der Waals surface area contributed by atoms with E-state index in [0.29, 0.717) is 0 Å². The van der Waals surface area contributed by atoms with Crippen LogP contribution < -0.4 is 0 Å². The number of nitrogens with zero attached hydrogens (tertiary/aromatic N) is 3. The zero-order valence-corrected chi connectivity index (χ0v) is 15.9. The van der Waals surface area contributed by atoms with E-state index < -0.39 is 5.97 Å². The van der Waals surface area contributed by atoms with Crippen molar-refractivity contribution < 1.29 is 15.0 Å². The summed E-state index contributed by atoms with van der Waals surface area (Å²) in [4.78, 5) is 13.1. The minimum Gasteiger partial charge on any atom is -0.481 e. The number of hydrogen-bond donors (Lipinski definition) is 2. The number of unbranched alkanes of at least 4 members (excludes halogenated alkanes) is 8. The van der Waals surface area contributed by atoms with E-state index in [1.165, 1.54) is 32.1 Å². The minimum atomic E-state index is -0.714. The number of carboxylic acid groups (broad SMARTS) is 1. The van der Waals surface area contributed by atoms with Crippen LogP contribution in [0.4, 0.5) is 0 Å². The molecule has 0 saturated heterocycles. The molecular formula is C20H35N3O3. The zero-order valence-electron chi connectivity index (χ0n) is 15.9. The number of azide groups is 1. The molecule has 6 heteroatoms. The number of aliphatic carboxylic acids is 1. The Labute approximate surface area is 157 Å². The number of allylic oxidation sites excluding steroid dienone is 4. The summed E-state index contributed by atoms with van der Waals surface area (Å²) in [7, 11) is 0. The molecule has 0 heterocycles. The van der Waals surface area contributed by atoms with E-state index in [1.807, 2.05) is 0 Å². The summed E-state index contributed by atoms with van der Waals surface area (Å²) in [5.41, 5.74) is 8.33. The van der Waals surface area contributed by atoms with Gasteiger partial charge in [-0.25, -0.2) is 0 Å². The third kappa shape index (κ3) is 18.6. The van der Waals surface area contributed by atoms with Gasteiger partial charge in [0.2, 0.25) is 0 Å². The van der Waals surface area contributed by atoms with Crippen LogP contribution in [0.15, 0.2) is 29.4 Å². The second-order valence-electron chi connectivity index (χ2n) is 6.55. The van der Waals surface area contributed by atoms with Gasteiger partial charge in [0.05, 0.1) is 12.6 Å². The van der Waals surface area contributed by atoms with Crippen LogP contribution in [0.25, 0.3) is 10.4 Å². The zero-order chi connectivity index (χ0) is 19.3. The Bertz CT molecular complexity index is 444. The van der Waals surface area contributed by atoms with Gasteiger partial charge in [-0.3, -0.25) is 4.79 Å². The summed E-state index contributed by atoms with van der Waals surface area (Å²) in [5, 5.41) is 21.1. The number of aliphatic hydroxyl groups is 1. The second kappa shape index (κ2) is 19.5. The molecule has 0 aliphatic rings. The number of rotatable bonds is 18. The fourth-order valence-electron chi connectivity index (χ4n) is 2.63. The second-order valence-corrected chi connectivity index (χ2v) is 6.55. The maximum absolute atomic E-state index is 10.4. The topological polar surface area (TPSA) is 106 Å². The molecule has 0 rings (SSSR count). The lowest BCUT2D eigenvalue weighted by Crippen LogP contribution is -2.08. The van der Waals surface area contributed by atoms with Crippen LogP contribution >= 0.6 is 0 Å². The predicted octanol–water partition coefficient (Wildman–Crippen LogP) is 5.93. The lowest BCUT2D eigenvalue weighted by molar-refractivity contribution is -0.137. The van der Waals surface area contributed by atoms with Crippen molar-refractivity contribution >= 4 is 5.97 Å². The molecule has 26 heavy (non-hydrogen) atoms. The van der Waals surface area contributed by atoms with Crippen molar-refractivity contribution in [3.63, 3.8) is 0 Å². The van der Waals surface area contributed by atoms with Crippen LogP contribution in [0.5, 0.6) is 0 Å². The Morgan fingerprint density at radius 2 is 1.38 bits per heavy atom. The first kappa shape index (κ1) is 24.2. The summed E-state index contributed by atoms with van der Waals surface area (Å²) in [6.45, 7) is -0.0751. The van der Waals surface area contributed by atoms with E-state index in [-0.39, 0.29) is 19.1 Å². The fourth-order valence-corrected chi connectivity index (χ4v) is 2.63. The molecule has 0 aromatic carbocycles. The van der Waals surface area contributed by atoms with E-state index >= 15 is 0 Å². The van der Waals surface area contributed by atoms with Gasteiger partial charge in [0.15, 0.2) is 0 Å². The smallest absolute Gasteiger partial charge is 0.303 e. The first-order chi connectivity index (χ1) is 12.7. The van der Waals surface area contributed by atoms with Gasteiger partial charge in [-0.1, -0.05) is 48.7 Å². The Kier molecular flexibility index (Phi) is 18.2. The van der Waals surface area contributed by atoms with Crippen LogP contribution in [0.3, 0.4) is 0 Å². The largest absolute Gasteiger partial charge is 0.481 e. The predicted molar refractivity (Wildman–Crippen MR) is 106 cm³/mol. The fraction of sp³-hybridized carbons (Fsp3) is 0.750. The van der Waals surface area contributed by atoms with E-state index in [4.69, 9.17) is 15.7 Å². The van der Waals surface area contributed by atoms with E-state index in [2.05, 4.69) is 34.3 Å². The third-order valence-electron chi connectivity index (χ3n) is 4.17. The van der Waals surface area contributed by atoms with Crippen LogP contribution in [-0.2, 0) is 4.79 Å². The molecule has 6 nitrogen and oxygen atoms in total. The molecule has 0 bridgehead atoms. The van der Waals surface area contributed by atoms with Crippen molar-refractivity contribution in [3.05, 3.63) is 34.7 Å². The van der Waals surface area contributed by atoms with Gasteiger partial charge < -0.3 is 10.2 Å². The van der Waals surface area contributed by atoms with Crippen molar-refractivity contribution in [2.75, 3.05) is 6.61 Å². The summed E-state index contributed by atoms with van der Waals surface area (Å²) < 4.78 is 0. The average Bonchev–Trinajstić information content (AvgIpc) is 2.63. The normalized spacial score (nSPS) is 12.5. The molecular weight excluding hydrogens is 330 g/mol. The van der Waals surface area contributed by atoms with Gasteiger partial charge in [-0.15, -0.1) is 0 Å². The molecule has 0 aromatic heterocycles. The molecule has 0 spiro atoms. The van der Waals surface area contributed by atoms with Gasteiger partial charge >= 0.3 is 5.97 Å². The number of carboxylic acids is 1. The molecule has 1 atom stereocenters. The Hall–Kier alpha value is -1.78. The van der Waals surface area contributed by atoms with Gasteiger partial charge in [0.1, 0.15) is 0 Å². The van der Waals surface area contributed by atoms with Crippen molar-refractivity contribution in [2.45, 2.75) is 89.5 Å². The van der Waals surface area contributed by atoms with Crippen molar-refractivity contribution in [1.29, 1.82) is 0 Å². The lowest BCUT2D eigenvalue weighted by Gasteiger charge is -2.04. The molecule has 0 saturated carbocycles. The Morgan fingerprint density at radius 3 is 1.88 bits per heavy atom. The van der Waals surface area contributed by atoms with E-state index in [1.54, 1.807) is 0 Å². The third-order valence-corrected chi connectivity index (χ3v) is 4.17. The molecule has 0 radical (unpaired) electrons. The maximum atomic E-state index is 10.4. The first-order valence-corrected chi connectivity index (χ1v) is 9.87. The number of hydrogen-bond acceptors (Lipinski definition) is 3. The molecule has 0 aliphatic heterocycles. The SMILES string of the molecule is [N-]=[N+]=NC(CO)CCC/C=C\CCCCCCC/C=C\CCCC(=O)O. The van der Waals surface area contributed by atoms with Crippen molar-refractivity contribution in [1.82, 2.24) is 0 Å². The number of aliphatic hydroxyl groups excluding tert-OH is 1. The quantitative estimate of drug-likeness (QED) is 0.103. The maximum Gasteiger partial charge on any atom is 0.303 e. The van der Waals surface area contributed by atoms with Gasteiger partial charge in [0.25, 0.3) is 0 Å². The van der Waals surface area contributed by atoms with Crippen LogP contribution in [0, 0.1) is 0 Å². The molecule has 0 aliphatic carbocycles. The number of carbonyl (C=O) groups is 1. The monoisotopic (exact) mass is 365 g/mol. The Morgan fingerprint density at radius 1 is 0.885 bits per heavy atom. The molecule has 0 amide bonds. The standard InChI is InChI=1S/C20H35N3O3/c21-23-22-19(18-24)16-14-12-10-8-6-4-2-1-3-5-7-9-11-13-15-17-20(25)26/h8-11,19,24H,1-7,12-18H2,(H,25,26)/b10-8-,11-9-. The molecule has 0 fully saturated rings. The highest BCUT2D eigenvalue weighted by molar-refractivity contribution is 5.66. The van der Waals surface area contributed by atoms with E-state index in [9.17, 15) is 4.79 Å².